The van der Waals surface area contributed by atoms with Crippen molar-refractivity contribution in [3.8, 4) is 0 Å². The third kappa shape index (κ3) is 3.80. The van der Waals surface area contributed by atoms with Gasteiger partial charge in [0.2, 0.25) is 0 Å². The molecule has 0 spiro atoms. The summed E-state index contributed by atoms with van der Waals surface area (Å²) in [5, 5.41) is 15.9. The lowest BCUT2D eigenvalue weighted by Gasteiger charge is -2.07. The zero-order valence-electron chi connectivity index (χ0n) is 9.10. The second-order valence-corrected chi connectivity index (χ2v) is 3.53. The monoisotopic (exact) mass is 253 g/mol. The fourth-order valence-corrected chi connectivity index (χ4v) is 1.38. The molecule has 0 atom stereocenters. The minimum absolute atomic E-state index is 0.132. The maximum Gasteiger partial charge on any atom is 0.270 e. The predicted molar refractivity (Wildman–Crippen MR) is 66.8 cm³/mol. The summed E-state index contributed by atoms with van der Waals surface area (Å²) in [6.45, 7) is 2.43. The van der Waals surface area contributed by atoms with Gasteiger partial charge in [-0.15, -0.1) is 0 Å². The van der Waals surface area contributed by atoms with Gasteiger partial charge in [0, 0.05) is 24.2 Å². The molecule has 17 heavy (non-hydrogen) atoms. The van der Waals surface area contributed by atoms with Crippen LogP contribution in [0.2, 0.25) is 0 Å². The number of rotatable bonds is 3. The van der Waals surface area contributed by atoms with Crippen molar-refractivity contribution in [2.75, 3.05) is 6.54 Å². The molecule has 0 heterocycles. The normalized spacial score (nSPS) is 9.47. The number of hydrogen-bond donors (Lipinski definition) is 2. The van der Waals surface area contributed by atoms with Crippen LogP contribution >= 0.6 is 12.2 Å². The van der Waals surface area contributed by atoms with E-state index in [4.69, 9.17) is 12.2 Å². The Labute approximate surface area is 103 Å². The van der Waals surface area contributed by atoms with Crippen molar-refractivity contribution in [1.82, 2.24) is 10.6 Å². The number of benzene rings is 1. The Bertz CT molecular complexity index is 462. The molecule has 6 nitrogen and oxygen atoms in total. The quantitative estimate of drug-likeness (QED) is 0.480. The highest BCUT2D eigenvalue weighted by atomic mass is 32.1. The molecule has 1 aromatic rings. The van der Waals surface area contributed by atoms with Crippen LogP contribution in [0.1, 0.15) is 17.3 Å². The lowest BCUT2D eigenvalue weighted by Crippen LogP contribution is -2.39. The van der Waals surface area contributed by atoms with Gasteiger partial charge >= 0.3 is 0 Å². The summed E-state index contributed by atoms with van der Waals surface area (Å²) in [4.78, 5) is 21.6. The molecule has 1 aromatic carbocycles. The van der Waals surface area contributed by atoms with Crippen molar-refractivity contribution in [2.45, 2.75) is 6.92 Å². The van der Waals surface area contributed by atoms with Gasteiger partial charge in [-0.1, -0.05) is 6.07 Å². The fourth-order valence-electron chi connectivity index (χ4n) is 1.14. The number of nitrogens with one attached hydrogen (secondary N) is 2. The first kappa shape index (κ1) is 13.0. The van der Waals surface area contributed by atoms with Gasteiger partial charge < -0.3 is 5.32 Å². The van der Waals surface area contributed by atoms with Gasteiger partial charge in [-0.3, -0.25) is 20.2 Å². The molecule has 2 N–H and O–H groups in total. The Morgan fingerprint density at radius 3 is 2.82 bits per heavy atom. The third-order valence-electron chi connectivity index (χ3n) is 1.88. The summed E-state index contributed by atoms with van der Waals surface area (Å²) in [5.74, 6) is -0.473. The summed E-state index contributed by atoms with van der Waals surface area (Å²) >= 11 is 4.84. The second kappa shape index (κ2) is 5.90. The molecule has 0 unspecified atom stereocenters. The molecule has 1 rings (SSSR count). The first-order valence-corrected chi connectivity index (χ1v) is 5.29. The van der Waals surface area contributed by atoms with Gasteiger partial charge in [0.15, 0.2) is 5.11 Å². The average molecular weight is 253 g/mol. The number of carbonyl (C=O) groups excluding carboxylic acids is 1. The van der Waals surface area contributed by atoms with Crippen LogP contribution in [0.5, 0.6) is 0 Å². The summed E-state index contributed by atoms with van der Waals surface area (Å²) in [6, 6.07) is 5.45. The lowest BCUT2D eigenvalue weighted by atomic mass is 10.2. The Morgan fingerprint density at radius 2 is 2.24 bits per heavy atom. The Kier molecular flexibility index (Phi) is 4.53. The molecule has 0 aliphatic heterocycles. The maximum absolute atomic E-state index is 11.6. The SMILES string of the molecule is CCNC(=S)NC(=O)c1cccc([N+](=O)[O-])c1. The van der Waals surface area contributed by atoms with E-state index in [9.17, 15) is 14.9 Å². The molecule has 0 aliphatic rings. The van der Waals surface area contributed by atoms with Crippen LogP contribution < -0.4 is 10.6 Å². The van der Waals surface area contributed by atoms with E-state index < -0.39 is 10.8 Å². The highest BCUT2D eigenvalue weighted by Crippen LogP contribution is 2.12. The van der Waals surface area contributed by atoms with Gasteiger partial charge in [-0.25, -0.2) is 0 Å². The molecular weight excluding hydrogens is 242 g/mol. The molecule has 90 valence electrons. The Balaban J connectivity index is 2.79. The van der Waals surface area contributed by atoms with Crippen molar-refractivity contribution in [2.24, 2.45) is 0 Å². The molecule has 0 saturated heterocycles. The van der Waals surface area contributed by atoms with Crippen molar-refractivity contribution < 1.29 is 9.72 Å². The number of nitrogens with zero attached hydrogens (tertiary/aromatic N) is 1. The van der Waals surface area contributed by atoms with E-state index >= 15 is 0 Å². The molecular formula is C10H11N3O3S. The molecule has 0 bridgehead atoms. The lowest BCUT2D eigenvalue weighted by molar-refractivity contribution is -0.384. The van der Waals surface area contributed by atoms with Gasteiger partial charge in [0.1, 0.15) is 0 Å². The number of carbonyl (C=O) groups is 1. The predicted octanol–water partition coefficient (Wildman–Crippen LogP) is 1.22. The van der Waals surface area contributed by atoms with Crippen LogP contribution in [0.25, 0.3) is 0 Å². The van der Waals surface area contributed by atoms with Crippen LogP contribution in [0.3, 0.4) is 0 Å². The minimum atomic E-state index is -0.556. The number of amides is 1. The van der Waals surface area contributed by atoms with Gasteiger partial charge in [0.25, 0.3) is 11.6 Å². The van der Waals surface area contributed by atoms with E-state index in [1.165, 1.54) is 24.3 Å². The number of hydrogen-bond acceptors (Lipinski definition) is 4. The largest absolute Gasteiger partial charge is 0.363 e. The molecule has 0 saturated carbocycles. The summed E-state index contributed by atoms with van der Waals surface area (Å²) in [6.07, 6.45) is 0. The molecule has 1 amide bonds. The number of nitro benzene ring substituents is 1. The van der Waals surface area contributed by atoms with E-state index in [2.05, 4.69) is 10.6 Å². The maximum atomic E-state index is 11.6. The molecule has 0 aliphatic carbocycles. The van der Waals surface area contributed by atoms with Crippen LogP contribution in [-0.2, 0) is 0 Å². The van der Waals surface area contributed by atoms with Crippen LogP contribution in [0, 0.1) is 10.1 Å². The number of non-ortho nitro benzene ring substituents is 1. The zero-order chi connectivity index (χ0) is 12.8. The highest BCUT2D eigenvalue weighted by Gasteiger charge is 2.11. The first-order chi connectivity index (χ1) is 8.04. The van der Waals surface area contributed by atoms with E-state index in [1.54, 1.807) is 0 Å². The van der Waals surface area contributed by atoms with E-state index in [0.717, 1.165) is 0 Å². The molecule has 7 heteroatoms. The standard InChI is InChI=1S/C10H11N3O3S/c1-2-11-10(17)12-9(14)7-4-3-5-8(6-7)13(15)16/h3-6H,2H2,1H3,(H2,11,12,14,17). The highest BCUT2D eigenvalue weighted by molar-refractivity contribution is 7.80. The van der Waals surface area contributed by atoms with Crippen molar-refractivity contribution in [3.05, 3.63) is 39.9 Å². The van der Waals surface area contributed by atoms with E-state index in [1.807, 2.05) is 6.92 Å². The number of thiocarbonyl (C=S) groups is 1. The van der Waals surface area contributed by atoms with E-state index in [0.29, 0.717) is 6.54 Å². The average Bonchev–Trinajstić information content (AvgIpc) is 2.29. The zero-order valence-corrected chi connectivity index (χ0v) is 9.91. The molecule has 0 radical (unpaired) electrons. The first-order valence-electron chi connectivity index (χ1n) is 4.88. The fraction of sp³-hybridized carbons (Fsp3) is 0.200. The van der Waals surface area contributed by atoms with Gasteiger partial charge in [-0.05, 0) is 25.2 Å². The van der Waals surface area contributed by atoms with Crippen LogP contribution in [0.4, 0.5) is 5.69 Å². The number of nitro groups is 1. The van der Waals surface area contributed by atoms with Gasteiger partial charge in [-0.2, -0.15) is 0 Å². The topological polar surface area (TPSA) is 84.3 Å². The summed E-state index contributed by atoms with van der Waals surface area (Å²) < 4.78 is 0. The van der Waals surface area contributed by atoms with Crippen molar-refractivity contribution in [1.29, 1.82) is 0 Å². The van der Waals surface area contributed by atoms with Gasteiger partial charge in [0.05, 0.1) is 4.92 Å². The summed E-state index contributed by atoms with van der Waals surface area (Å²) in [5.41, 5.74) is 0.0615. The van der Waals surface area contributed by atoms with Crippen molar-refractivity contribution >= 4 is 28.9 Å². The van der Waals surface area contributed by atoms with E-state index in [-0.39, 0.29) is 16.4 Å². The molecule has 0 aromatic heterocycles. The van der Waals surface area contributed by atoms with Crippen LogP contribution in [0.15, 0.2) is 24.3 Å². The van der Waals surface area contributed by atoms with Crippen molar-refractivity contribution in [3.63, 3.8) is 0 Å². The Hall–Kier alpha value is -2.02. The smallest absolute Gasteiger partial charge is 0.270 e. The van der Waals surface area contributed by atoms with Crippen LogP contribution in [-0.4, -0.2) is 22.5 Å². The summed E-state index contributed by atoms with van der Waals surface area (Å²) in [7, 11) is 0. The third-order valence-corrected chi connectivity index (χ3v) is 2.13. The second-order valence-electron chi connectivity index (χ2n) is 3.12. The minimum Gasteiger partial charge on any atom is -0.363 e. The Morgan fingerprint density at radius 1 is 1.53 bits per heavy atom. The molecule has 0 fully saturated rings.